The fraction of sp³-hybridized carbons (Fsp3) is 0.286. The van der Waals surface area contributed by atoms with Crippen LogP contribution in [0, 0.1) is 0 Å². The molecule has 7 heteroatoms. The first-order valence-electron chi connectivity index (χ1n) is 8.92. The molecule has 1 amide bonds. The highest BCUT2D eigenvalue weighted by Gasteiger charge is 2.19. The monoisotopic (exact) mass is 383 g/mol. The zero-order chi connectivity index (χ0) is 20.1. The molecule has 3 rings (SSSR count). The van der Waals surface area contributed by atoms with Gasteiger partial charge in [-0.25, -0.2) is 0 Å². The third-order valence-electron chi connectivity index (χ3n) is 4.19. The van der Waals surface area contributed by atoms with E-state index < -0.39 is 18.0 Å². The highest BCUT2D eigenvalue weighted by molar-refractivity contribution is 5.97. The van der Waals surface area contributed by atoms with Crippen LogP contribution in [0.1, 0.15) is 29.8 Å². The first-order chi connectivity index (χ1) is 13.4. The van der Waals surface area contributed by atoms with Gasteiger partial charge in [-0.1, -0.05) is 6.07 Å². The number of esters is 1. The van der Waals surface area contributed by atoms with Crippen LogP contribution in [0.15, 0.2) is 42.5 Å². The van der Waals surface area contributed by atoms with Gasteiger partial charge in [0.15, 0.2) is 23.4 Å². The summed E-state index contributed by atoms with van der Waals surface area (Å²) in [5.74, 6) is 0.208. The van der Waals surface area contributed by atoms with Crippen LogP contribution < -0.4 is 14.8 Å². The number of carbonyl (C=O) groups excluding carboxylic acids is 3. The Morgan fingerprint density at radius 3 is 2.39 bits per heavy atom. The lowest BCUT2D eigenvalue weighted by Gasteiger charge is -2.19. The molecule has 28 heavy (non-hydrogen) atoms. The summed E-state index contributed by atoms with van der Waals surface area (Å²) >= 11 is 0. The van der Waals surface area contributed by atoms with Crippen LogP contribution in [0.5, 0.6) is 11.5 Å². The van der Waals surface area contributed by atoms with Crippen molar-refractivity contribution in [3.63, 3.8) is 0 Å². The summed E-state index contributed by atoms with van der Waals surface area (Å²) in [7, 11) is 0. The Bertz CT molecular complexity index is 890. The molecule has 1 heterocycles. The molecule has 1 atom stereocenters. The Morgan fingerprint density at radius 1 is 1.04 bits per heavy atom. The standard InChI is InChI=1S/C21H21NO6/c1-13(23)16-4-6-17(7-5-16)22-21(25)14(2)28-20(24)12-15-3-8-18-19(11-15)27-10-9-26-18/h3-8,11,14H,9-10,12H2,1-2H3,(H,22,25)/t14-/m1/s1. The lowest BCUT2D eigenvalue weighted by atomic mass is 10.1. The van der Waals surface area contributed by atoms with Crippen LogP contribution in [-0.4, -0.2) is 37.0 Å². The molecule has 0 fully saturated rings. The van der Waals surface area contributed by atoms with Crippen molar-refractivity contribution in [2.45, 2.75) is 26.4 Å². The zero-order valence-electron chi connectivity index (χ0n) is 15.7. The second-order valence-electron chi connectivity index (χ2n) is 6.41. The molecule has 0 radical (unpaired) electrons. The number of rotatable bonds is 6. The van der Waals surface area contributed by atoms with Gasteiger partial charge in [0.25, 0.3) is 5.91 Å². The molecule has 0 saturated carbocycles. The second kappa shape index (κ2) is 8.56. The molecule has 0 unspecified atom stereocenters. The van der Waals surface area contributed by atoms with Crippen molar-refractivity contribution in [1.82, 2.24) is 0 Å². The summed E-state index contributed by atoms with van der Waals surface area (Å²) in [6.07, 6.45) is -0.945. The Labute approximate surface area is 162 Å². The van der Waals surface area contributed by atoms with Crippen molar-refractivity contribution in [2.75, 3.05) is 18.5 Å². The van der Waals surface area contributed by atoms with E-state index in [2.05, 4.69) is 5.32 Å². The first-order valence-corrected chi connectivity index (χ1v) is 8.92. The van der Waals surface area contributed by atoms with E-state index in [1.54, 1.807) is 42.5 Å². The molecule has 0 spiro atoms. The van der Waals surface area contributed by atoms with Crippen LogP contribution in [0.25, 0.3) is 0 Å². The number of benzene rings is 2. The molecular formula is C21H21NO6. The molecule has 1 N–H and O–H groups in total. The molecule has 2 aromatic carbocycles. The van der Waals surface area contributed by atoms with Gasteiger partial charge in [-0.05, 0) is 55.8 Å². The van der Waals surface area contributed by atoms with E-state index in [9.17, 15) is 14.4 Å². The maximum absolute atomic E-state index is 12.2. The van der Waals surface area contributed by atoms with Gasteiger partial charge in [-0.3, -0.25) is 14.4 Å². The second-order valence-corrected chi connectivity index (χ2v) is 6.41. The summed E-state index contributed by atoms with van der Waals surface area (Å²) in [6, 6.07) is 11.7. The number of anilines is 1. The van der Waals surface area contributed by atoms with E-state index in [0.717, 1.165) is 0 Å². The van der Waals surface area contributed by atoms with Crippen molar-refractivity contribution in [3.05, 3.63) is 53.6 Å². The quantitative estimate of drug-likeness (QED) is 0.609. The number of ketones is 1. The number of nitrogens with one attached hydrogen (secondary N) is 1. The normalized spacial score (nSPS) is 13.4. The van der Waals surface area contributed by atoms with E-state index in [1.165, 1.54) is 13.8 Å². The molecular weight excluding hydrogens is 362 g/mol. The molecule has 146 valence electrons. The molecule has 0 aromatic heterocycles. The number of hydrogen-bond acceptors (Lipinski definition) is 6. The van der Waals surface area contributed by atoms with Crippen molar-refractivity contribution in [2.24, 2.45) is 0 Å². The third kappa shape index (κ3) is 4.88. The lowest BCUT2D eigenvalue weighted by Crippen LogP contribution is -2.30. The van der Waals surface area contributed by atoms with Crippen molar-refractivity contribution in [1.29, 1.82) is 0 Å². The average molecular weight is 383 g/mol. The summed E-state index contributed by atoms with van der Waals surface area (Å²) in [5, 5.41) is 2.65. The summed E-state index contributed by atoms with van der Waals surface area (Å²) < 4.78 is 16.2. The van der Waals surface area contributed by atoms with E-state index in [4.69, 9.17) is 14.2 Å². The average Bonchev–Trinajstić information content (AvgIpc) is 2.68. The van der Waals surface area contributed by atoms with Crippen LogP contribution in [0.3, 0.4) is 0 Å². The number of ether oxygens (including phenoxy) is 3. The predicted octanol–water partition coefficient (Wildman–Crippen LogP) is 2.77. The highest BCUT2D eigenvalue weighted by atomic mass is 16.6. The number of hydrogen-bond donors (Lipinski definition) is 1. The Hall–Kier alpha value is -3.35. The third-order valence-corrected chi connectivity index (χ3v) is 4.19. The minimum Gasteiger partial charge on any atom is -0.486 e. The largest absolute Gasteiger partial charge is 0.486 e. The fourth-order valence-electron chi connectivity index (χ4n) is 2.69. The number of Topliss-reactive ketones (excluding diaryl/α,β-unsaturated/α-hetero) is 1. The summed E-state index contributed by atoms with van der Waals surface area (Å²) in [5.41, 5.74) is 1.78. The molecule has 0 aliphatic carbocycles. The maximum atomic E-state index is 12.2. The molecule has 0 bridgehead atoms. The molecule has 7 nitrogen and oxygen atoms in total. The van der Waals surface area contributed by atoms with Crippen LogP contribution >= 0.6 is 0 Å². The van der Waals surface area contributed by atoms with Gasteiger partial charge < -0.3 is 19.5 Å². The number of amides is 1. The van der Waals surface area contributed by atoms with Gasteiger partial charge in [-0.2, -0.15) is 0 Å². The van der Waals surface area contributed by atoms with E-state index in [-0.39, 0.29) is 12.2 Å². The van der Waals surface area contributed by atoms with E-state index in [1.807, 2.05) is 0 Å². The Morgan fingerprint density at radius 2 is 1.71 bits per heavy atom. The van der Waals surface area contributed by atoms with Crippen LogP contribution in [0.4, 0.5) is 5.69 Å². The SMILES string of the molecule is CC(=O)c1ccc(NC(=O)[C@@H](C)OC(=O)Cc2ccc3c(c2)OCCO3)cc1. The van der Waals surface area contributed by atoms with Gasteiger partial charge >= 0.3 is 5.97 Å². The lowest BCUT2D eigenvalue weighted by molar-refractivity contribution is -0.152. The topological polar surface area (TPSA) is 90.9 Å². The van der Waals surface area contributed by atoms with Crippen molar-refractivity contribution >= 4 is 23.3 Å². The maximum Gasteiger partial charge on any atom is 0.311 e. The number of fused-ring (bicyclic) bond motifs is 1. The zero-order valence-corrected chi connectivity index (χ0v) is 15.7. The summed E-state index contributed by atoms with van der Waals surface area (Å²) in [4.78, 5) is 35.7. The fourth-order valence-corrected chi connectivity index (χ4v) is 2.69. The van der Waals surface area contributed by atoms with Crippen molar-refractivity contribution in [3.8, 4) is 11.5 Å². The number of carbonyl (C=O) groups is 3. The van der Waals surface area contributed by atoms with Gasteiger partial charge in [-0.15, -0.1) is 0 Å². The van der Waals surface area contributed by atoms with Gasteiger partial charge in [0.2, 0.25) is 0 Å². The Kier molecular flexibility index (Phi) is 5.93. The predicted molar refractivity (Wildman–Crippen MR) is 102 cm³/mol. The molecule has 1 aliphatic rings. The van der Waals surface area contributed by atoms with Crippen LogP contribution in [-0.2, 0) is 20.7 Å². The van der Waals surface area contributed by atoms with Gasteiger partial charge in [0.1, 0.15) is 13.2 Å². The minimum absolute atomic E-state index is 0.0154. The van der Waals surface area contributed by atoms with Crippen molar-refractivity contribution < 1.29 is 28.6 Å². The highest BCUT2D eigenvalue weighted by Crippen LogP contribution is 2.30. The van der Waals surface area contributed by atoms with Gasteiger partial charge in [0, 0.05) is 11.3 Å². The Balaban J connectivity index is 1.53. The van der Waals surface area contributed by atoms with Gasteiger partial charge in [0.05, 0.1) is 6.42 Å². The van der Waals surface area contributed by atoms with E-state index >= 15 is 0 Å². The van der Waals surface area contributed by atoms with Crippen LogP contribution in [0.2, 0.25) is 0 Å². The first kappa shape index (κ1) is 19.4. The smallest absolute Gasteiger partial charge is 0.311 e. The molecule has 0 saturated heterocycles. The van der Waals surface area contributed by atoms with E-state index in [0.29, 0.717) is 41.5 Å². The minimum atomic E-state index is -0.961. The molecule has 2 aromatic rings. The molecule has 1 aliphatic heterocycles. The summed E-state index contributed by atoms with van der Waals surface area (Å²) in [6.45, 7) is 3.93.